The monoisotopic (exact) mass is 630 g/mol. The number of hydrogen-bond donors (Lipinski definition) is 0. The van der Waals surface area contributed by atoms with Crippen molar-refractivity contribution in [3.8, 4) is 0 Å². The van der Waals surface area contributed by atoms with Crippen LogP contribution in [0.4, 0.5) is 0 Å². The van der Waals surface area contributed by atoms with E-state index in [9.17, 15) is 4.79 Å². The molecule has 4 aliphatic carbocycles. The second-order valence-electron chi connectivity index (χ2n) is 18.2. The van der Waals surface area contributed by atoms with Gasteiger partial charge < -0.3 is 13.6 Å². The van der Waals surface area contributed by atoms with Gasteiger partial charge in [0.05, 0.1) is 24.7 Å². The molecule has 4 aliphatic rings. The third kappa shape index (κ3) is 8.18. The third-order valence-corrected chi connectivity index (χ3v) is 21.8. The average Bonchev–Trinajstić information content (AvgIpc) is 3.63. The topological polar surface area (TPSA) is 44.8 Å². The van der Waals surface area contributed by atoms with Crippen molar-refractivity contribution in [2.24, 2.45) is 29.1 Å². The van der Waals surface area contributed by atoms with Gasteiger partial charge in [0.1, 0.15) is 0 Å². The van der Waals surface area contributed by atoms with E-state index < -0.39 is 16.6 Å². The summed E-state index contributed by atoms with van der Waals surface area (Å²) >= 11 is 0. The summed E-state index contributed by atoms with van der Waals surface area (Å²) in [6, 6.07) is 0. The van der Waals surface area contributed by atoms with Crippen LogP contribution in [0.5, 0.6) is 0 Å². The van der Waals surface area contributed by atoms with Crippen molar-refractivity contribution >= 4 is 22.6 Å². The Morgan fingerprint density at radius 2 is 1.47 bits per heavy atom. The van der Waals surface area contributed by atoms with Crippen LogP contribution in [0.15, 0.2) is 23.3 Å². The maximum atomic E-state index is 13.0. The fourth-order valence-electron chi connectivity index (χ4n) is 7.74. The summed E-state index contributed by atoms with van der Waals surface area (Å²) in [6.07, 6.45) is 16.9. The molecule has 0 heterocycles. The number of ether oxygens (including phenoxy) is 1. The molecule has 4 nitrogen and oxygen atoms in total. The Labute approximate surface area is 267 Å². The summed E-state index contributed by atoms with van der Waals surface area (Å²) in [7, 11) is -3.78. The number of fused-ring (bicyclic) bond motifs is 1. The molecule has 0 N–H and O–H groups in total. The largest absolute Gasteiger partial charge is 0.465 e. The van der Waals surface area contributed by atoms with Gasteiger partial charge in [0.2, 0.25) is 0 Å². The fourth-order valence-corrected chi connectivity index (χ4v) is 10.5. The zero-order valence-corrected chi connectivity index (χ0v) is 32.0. The van der Waals surface area contributed by atoms with Gasteiger partial charge in [-0.1, -0.05) is 78.7 Å². The maximum Gasteiger partial charge on any atom is 0.308 e. The van der Waals surface area contributed by atoms with Crippen LogP contribution in [-0.4, -0.2) is 41.4 Å². The van der Waals surface area contributed by atoms with E-state index in [1.165, 1.54) is 44.1 Å². The first kappa shape index (κ1) is 35.2. The van der Waals surface area contributed by atoms with Gasteiger partial charge in [0.15, 0.2) is 16.6 Å². The number of carbonyl (C=O) groups is 1. The summed E-state index contributed by atoms with van der Waals surface area (Å²) in [4.78, 5) is 13.0. The van der Waals surface area contributed by atoms with E-state index in [1.807, 2.05) is 0 Å². The first-order valence-corrected chi connectivity index (χ1v) is 23.5. The van der Waals surface area contributed by atoms with Crippen molar-refractivity contribution in [2.45, 2.75) is 168 Å². The minimum absolute atomic E-state index is 0.00807. The molecule has 43 heavy (non-hydrogen) atoms. The molecule has 0 aliphatic heterocycles. The molecule has 0 spiro atoms. The van der Waals surface area contributed by atoms with E-state index in [4.69, 9.17) is 13.6 Å². The van der Waals surface area contributed by atoms with Gasteiger partial charge in [0.25, 0.3) is 0 Å². The van der Waals surface area contributed by atoms with E-state index in [0.29, 0.717) is 24.4 Å². The molecule has 0 aromatic heterocycles. The molecule has 0 unspecified atom stereocenters. The van der Waals surface area contributed by atoms with Crippen molar-refractivity contribution in [3.05, 3.63) is 23.3 Å². The van der Waals surface area contributed by atoms with Gasteiger partial charge in [-0.2, -0.15) is 0 Å². The summed E-state index contributed by atoms with van der Waals surface area (Å²) in [5.41, 5.74) is 3.29. The molecular weight excluding hydrogens is 565 g/mol. The third-order valence-electron chi connectivity index (χ3n) is 12.7. The highest BCUT2D eigenvalue weighted by Gasteiger charge is 2.52. The van der Waals surface area contributed by atoms with Crippen molar-refractivity contribution in [1.29, 1.82) is 0 Å². The lowest BCUT2D eigenvalue weighted by Crippen LogP contribution is -2.48. The average molecular weight is 631 g/mol. The molecule has 0 saturated heterocycles. The van der Waals surface area contributed by atoms with Crippen molar-refractivity contribution in [2.75, 3.05) is 6.61 Å². The highest BCUT2D eigenvalue weighted by atomic mass is 28.4. The Morgan fingerprint density at radius 1 is 0.907 bits per heavy atom. The number of allylic oxidation sites excluding steroid dienone is 3. The molecule has 246 valence electrons. The maximum absolute atomic E-state index is 13.0. The molecule has 4 rings (SSSR count). The molecule has 0 amide bonds. The molecule has 4 fully saturated rings. The zero-order valence-electron chi connectivity index (χ0n) is 30.0. The van der Waals surface area contributed by atoms with E-state index in [0.717, 1.165) is 25.7 Å². The second-order valence-corrected chi connectivity index (χ2v) is 27.7. The standard InChI is InChI=1S/C37H66O4Si2/c1-26(34(38)39-25-27-15-16-27)32-19-20-33-29(14-13-21-37(32,33)8)18-17-28-22-30(40-42(9,10)35(2,3)4)24-31(23-28)41-43(11,12)36(5,6)7/h17-18,26-27,30-33H,13-16,19-25H2,1-12H3/t26-,30+,31+,32+,33-,37+/m0/s1. The normalized spacial score (nSPS) is 32.5. The predicted molar refractivity (Wildman–Crippen MR) is 185 cm³/mol. The minimum atomic E-state index is -1.89. The van der Waals surface area contributed by atoms with Crippen LogP contribution < -0.4 is 0 Å². The van der Waals surface area contributed by atoms with Gasteiger partial charge in [-0.05, 0) is 124 Å². The summed E-state index contributed by atoms with van der Waals surface area (Å²) in [6.45, 7) is 28.9. The van der Waals surface area contributed by atoms with Crippen LogP contribution >= 0.6 is 0 Å². The number of esters is 1. The Kier molecular flexibility index (Phi) is 10.5. The zero-order chi connectivity index (χ0) is 32.0. The van der Waals surface area contributed by atoms with Crippen molar-refractivity contribution in [3.63, 3.8) is 0 Å². The number of carbonyl (C=O) groups excluding carboxylic acids is 1. The quantitative estimate of drug-likeness (QED) is 0.188. The second kappa shape index (κ2) is 12.8. The number of rotatable bonds is 9. The first-order chi connectivity index (χ1) is 19.7. The Morgan fingerprint density at radius 3 is 1.98 bits per heavy atom. The van der Waals surface area contributed by atoms with E-state index >= 15 is 0 Å². The Hall–Kier alpha value is -0.696. The van der Waals surface area contributed by atoms with E-state index in [2.05, 4.69) is 93.7 Å². The molecule has 4 saturated carbocycles. The van der Waals surface area contributed by atoms with Gasteiger partial charge in [0, 0.05) is 0 Å². The molecule has 6 heteroatoms. The molecular formula is C37H66O4Si2. The number of hydrogen-bond acceptors (Lipinski definition) is 4. The SMILES string of the molecule is C[C@H](C(=O)OCC1CC1)[C@H]1CC[C@H]2C(=CC=C3C[C@@H](O[Si](C)(C)C(C)(C)C)C[C@H](O[Si](C)(C)C(C)(C)C)C3)CCC[C@]12C. The summed E-state index contributed by atoms with van der Waals surface area (Å²) in [5, 5.41) is 0.387. The van der Waals surface area contributed by atoms with Gasteiger partial charge >= 0.3 is 5.97 Å². The minimum Gasteiger partial charge on any atom is -0.465 e. The van der Waals surface area contributed by atoms with Crippen molar-refractivity contribution < 1.29 is 18.4 Å². The van der Waals surface area contributed by atoms with Crippen LogP contribution in [0.25, 0.3) is 0 Å². The van der Waals surface area contributed by atoms with Gasteiger partial charge in [-0.3, -0.25) is 4.79 Å². The molecule has 0 aromatic carbocycles. The Bertz CT molecular complexity index is 1020. The fraction of sp³-hybridized carbons (Fsp3) is 0.865. The van der Waals surface area contributed by atoms with Crippen LogP contribution in [0.1, 0.15) is 120 Å². The summed E-state index contributed by atoms with van der Waals surface area (Å²) < 4.78 is 19.9. The van der Waals surface area contributed by atoms with Crippen molar-refractivity contribution in [1.82, 2.24) is 0 Å². The smallest absolute Gasteiger partial charge is 0.308 e. The molecule has 6 atom stereocenters. The molecule has 0 bridgehead atoms. The molecule has 0 aromatic rings. The predicted octanol–water partition coefficient (Wildman–Crippen LogP) is 10.6. The van der Waals surface area contributed by atoms with Crippen LogP contribution in [-0.2, 0) is 18.4 Å². The molecule has 0 radical (unpaired) electrons. The van der Waals surface area contributed by atoms with Crippen LogP contribution in [0.2, 0.25) is 36.3 Å². The Balaban J connectivity index is 1.52. The lowest BCUT2D eigenvalue weighted by atomic mass is 9.61. The van der Waals surface area contributed by atoms with Crippen LogP contribution in [0, 0.1) is 29.1 Å². The van der Waals surface area contributed by atoms with E-state index in [1.54, 1.807) is 5.57 Å². The van der Waals surface area contributed by atoms with Gasteiger partial charge in [-0.25, -0.2) is 0 Å². The highest BCUT2D eigenvalue weighted by Crippen LogP contribution is 2.59. The van der Waals surface area contributed by atoms with Crippen LogP contribution in [0.3, 0.4) is 0 Å². The highest BCUT2D eigenvalue weighted by molar-refractivity contribution is 6.74. The lowest BCUT2D eigenvalue weighted by Gasteiger charge is -2.45. The first-order valence-electron chi connectivity index (χ1n) is 17.6. The lowest BCUT2D eigenvalue weighted by molar-refractivity contribution is -0.152. The van der Waals surface area contributed by atoms with E-state index in [-0.39, 0.29) is 39.6 Å². The van der Waals surface area contributed by atoms with Gasteiger partial charge in [-0.15, -0.1) is 0 Å². The summed E-state index contributed by atoms with van der Waals surface area (Å²) in [5.74, 6) is 1.65.